The fourth-order valence-corrected chi connectivity index (χ4v) is 4.14. The monoisotopic (exact) mass is 508 g/mol. The van der Waals surface area contributed by atoms with Gasteiger partial charge in [-0.05, 0) is 72.4 Å². The Hall–Kier alpha value is -3.46. The number of nitrogens with zero attached hydrogens (tertiary/aromatic N) is 1. The molecule has 0 saturated heterocycles. The van der Waals surface area contributed by atoms with Crippen molar-refractivity contribution in [3.63, 3.8) is 0 Å². The Morgan fingerprint density at radius 3 is 2.49 bits per heavy atom. The van der Waals surface area contributed by atoms with Gasteiger partial charge in [0.15, 0.2) is 0 Å². The summed E-state index contributed by atoms with van der Waals surface area (Å²) in [6.07, 6.45) is -1.65. The molecular weight excluding hydrogens is 493 g/mol. The summed E-state index contributed by atoms with van der Waals surface area (Å²) in [5.41, 5.74) is 0.630. The number of alkyl halides is 3. The maximum Gasteiger partial charge on any atom is 0.416 e. The number of ether oxygens (including phenoxy) is 1. The standard InChI is InChI=1S/C25H17ClF5NO3/c26-17-10-21(20-3-1-2-19(20)14-6-15(24(33)34)8-18(27)7-14)23(32-11-17)35-12-13-4-5-16(9-22(13)28)25(29,30)31/h4-11H,1-3,12H2,(H,33,34)/p-1. The summed E-state index contributed by atoms with van der Waals surface area (Å²) < 4.78 is 72.4. The second-order valence-corrected chi connectivity index (χ2v) is 8.36. The van der Waals surface area contributed by atoms with Gasteiger partial charge in [0.1, 0.15) is 18.2 Å². The lowest BCUT2D eigenvalue weighted by Gasteiger charge is -2.15. The van der Waals surface area contributed by atoms with Crippen molar-refractivity contribution in [3.05, 3.63) is 93.1 Å². The van der Waals surface area contributed by atoms with Crippen LogP contribution in [0.5, 0.6) is 5.88 Å². The van der Waals surface area contributed by atoms with Gasteiger partial charge in [-0.25, -0.2) is 13.8 Å². The minimum atomic E-state index is -4.68. The molecule has 0 bridgehead atoms. The molecule has 0 N–H and O–H groups in total. The third-order valence-electron chi connectivity index (χ3n) is 5.59. The highest BCUT2D eigenvalue weighted by atomic mass is 35.5. The van der Waals surface area contributed by atoms with Gasteiger partial charge in [-0.1, -0.05) is 17.7 Å². The Morgan fingerprint density at radius 1 is 1.06 bits per heavy atom. The molecule has 0 fully saturated rings. The van der Waals surface area contributed by atoms with Crippen LogP contribution in [0.2, 0.25) is 5.02 Å². The van der Waals surface area contributed by atoms with Gasteiger partial charge in [-0.2, -0.15) is 13.2 Å². The predicted octanol–water partition coefficient (Wildman–Crippen LogP) is 6.07. The molecule has 0 atom stereocenters. The summed E-state index contributed by atoms with van der Waals surface area (Å²) in [4.78, 5) is 15.4. The van der Waals surface area contributed by atoms with E-state index in [4.69, 9.17) is 16.3 Å². The molecule has 1 aliphatic rings. The third kappa shape index (κ3) is 5.45. The van der Waals surface area contributed by atoms with E-state index in [0.717, 1.165) is 18.2 Å². The van der Waals surface area contributed by atoms with E-state index in [-0.39, 0.29) is 22.0 Å². The Labute approximate surface area is 201 Å². The van der Waals surface area contributed by atoms with Crippen molar-refractivity contribution in [2.24, 2.45) is 0 Å². The summed E-state index contributed by atoms with van der Waals surface area (Å²) in [5.74, 6) is -3.28. The van der Waals surface area contributed by atoms with Gasteiger partial charge in [-0.15, -0.1) is 0 Å². The maximum absolute atomic E-state index is 14.3. The van der Waals surface area contributed by atoms with Gasteiger partial charge in [0.05, 0.1) is 16.6 Å². The average Bonchev–Trinajstić information content (AvgIpc) is 3.27. The highest BCUT2D eigenvalue weighted by Gasteiger charge is 2.31. The van der Waals surface area contributed by atoms with Gasteiger partial charge >= 0.3 is 6.18 Å². The first kappa shape index (κ1) is 24.7. The zero-order valence-corrected chi connectivity index (χ0v) is 18.6. The lowest BCUT2D eigenvalue weighted by Crippen LogP contribution is -2.22. The number of carbonyl (C=O) groups is 1. The molecule has 0 saturated carbocycles. The molecule has 3 aromatic rings. The van der Waals surface area contributed by atoms with Crippen LogP contribution < -0.4 is 9.84 Å². The van der Waals surface area contributed by atoms with Crippen LogP contribution in [0.15, 0.2) is 48.7 Å². The topological polar surface area (TPSA) is 62.2 Å². The van der Waals surface area contributed by atoms with Gasteiger partial charge in [0.25, 0.3) is 0 Å². The summed E-state index contributed by atoms with van der Waals surface area (Å²) in [5, 5.41) is 11.5. The first-order valence-corrected chi connectivity index (χ1v) is 10.8. The van der Waals surface area contributed by atoms with E-state index in [1.807, 2.05) is 0 Å². The van der Waals surface area contributed by atoms with Crippen molar-refractivity contribution < 1.29 is 36.6 Å². The van der Waals surface area contributed by atoms with E-state index in [0.29, 0.717) is 47.6 Å². The summed E-state index contributed by atoms with van der Waals surface area (Å²) >= 11 is 6.13. The number of hydrogen-bond acceptors (Lipinski definition) is 4. The molecule has 0 aliphatic heterocycles. The fraction of sp³-hybridized carbons (Fsp3) is 0.200. The Balaban J connectivity index is 1.69. The number of carboxylic acids is 1. The van der Waals surface area contributed by atoms with Crippen LogP contribution in [0.4, 0.5) is 22.0 Å². The number of carbonyl (C=O) groups excluding carboxylic acids is 1. The minimum absolute atomic E-state index is 0.0552. The zero-order chi connectivity index (χ0) is 25.3. The van der Waals surface area contributed by atoms with Gasteiger partial charge < -0.3 is 14.6 Å². The average molecular weight is 509 g/mol. The number of rotatable bonds is 6. The quantitative estimate of drug-likeness (QED) is 0.379. The molecule has 10 heteroatoms. The van der Waals surface area contributed by atoms with Gasteiger partial charge in [0, 0.05) is 22.9 Å². The van der Waals surface area contributed by atoms with E-state index in [1.165, 1.54) is 18.3 Å². The van der Waals surface area contributed by atoms with Crippen molar-refractivity contribution in [2.45, 2.75) is 32.0 Å². The SMILES string of the molecule is O=C([O-])c1cc(F)cc(C2=C(c3cc(Cl)cnc3OCc3ccc(C(F)(F)F)cc3F)CCC2)c1. The van der Waals surface area contributed by atoms with Crippen molar-refractivity contribution in [1.29, 1.82) is 0 Å². The molecule has 0 radical (unpaired) electrons. The van der Waals surface area contributed by atoms with E-state index < -0.39 is 36.0 Å². The van der Waals surface area contributed by atoms with Crippen LogP contribution in [-0.4, -0.2) is 11.0 Å². The molecule has 4 rings (SSSR count). The second-order valence-electron chi connectivity index (χ2n) is 7.93. The number of carboxylic acid groups (broad SMARTS) is 1. The van der Waals surface area contributed by atoms with Crippen molar-refractivity contribution in [1.82, 2.24) is 4.98 Å². The number of allylic oxidation sites excluding steroid dienone is 2. The maximum atomic E-state index is 14.3. The molecule has 0 unspecified atom stereocenters. The number of halogens is 6. The van der Waals surface area contributed by atoms with E-state index in [1.54, 1.807) is 6.07 Å². The smallest absolute Gasteiger partial charge is 0.416 e. The van der Waals surface area contributed by atoms with Gasteiger partial charge in [-0.3, -0.25) is 0 Å². The predicted molar refractivity (Wildman–Crippen MR) is 116 cm³/mol. The van der Waals surface area contributed by atoms with Crippen LogP contribution in [-0.2, 0) is 12.8 Å². The van der Waals surface area contributed by atoms with Crippen molar-refractivity contribution >= 4 is 28.7 Å². The lowest BCUT2D eigenvalue weighted by atomic mass is 9.96. The molecule has 1 heterocycles. The van der Waals surface area contributed by atoms with E-state index in [9.17, 15) is 31.9 Å². The summed E-state index contributed by atoms with van der Waals surface area (Å²) in [7, 11) is 0. The number of hydrogen-bond donors (Lipinski definition) is 0. The first-order chi connectivity index (χ1) is 16.5. The van der Waals surface area contributed by atoms with Crippen LogP contribution in [0.3, 0.4) is 0 Å². The van der Waals surface area contributed by atoms with Crippen LogP contribution in [0, 0.1) is 11.6 Å². The van der Waals surface area contributed by atoms with Crippen molar-refractivity contribution in [2.75, 3.05) is 0 Å². The molecule has 35 heavy (non-hydrogen) atoms. The second kappa shape index (κ2) is 9.65. The molecule has 4 nitrogen and oxygen atoms in total. The molecule has 2 aromatic carbocycles. The van der Waals surface area contributed by atoms with E-state index >= 15 is 0 Å². The van der Waals surface area contributed by atoms with Crippen molar-refractivity contribution in [3.8, 4) is 5.88 Å². The van der Waals surface area contributed by atoms with E-state index in [2.05, 4.69) is 4.98 Å². The number of aromatic carboxylic acids is 1. The lowest BCUT2D eigenvalue weighted by molar-refractivity contribution is -0.255. The highest BCUT2D eigenvalue weighted by molar-refractivity contribution is 6.30. The Kier molecular flexibility index (Phi) is 6.80. The highest BCUT2D eigenvalue weighted by Crippen LogP contribution is 2.43. The van der Waals surface area contributed by atoms with Crippen LogP contribution >= 0.6 is 11.6 Å². The fourth-order valence-electron chi connectivity index (χ4n) is 3.99. The first-order valence-electron chi connectivity index (χ1n) is 10.4. The van der Waals surface area contributed by atoms with Gasteiger partial charge in [0.2, 0.25) is 5.88 Å². The Bertz CT molecular complexity index is 1340. The molecule has 1 aliphatic carbocycles. The van der Waals surface area contributed by atoms with Crippen LogP contribution in [0.25, 0.3) is 11.1 Å². The zero-order valence-electron chi connectivity index (χ0n) is 17.9. The Morgan fingerprint density at radius 2 is 1.80 bits per heavy atom. The molecular formula is C25H16ClF5NO3-. The number of aromatic nitrogens is 1. The molecule has 1 aromatic heterocycles. The third-order valence-corrected chi connectivity index (χ3v) is 5.79. The normalized spacial score (nSPS) is 13.9. The van der Waals surface area contributed by atoms with Crippen LogP contribution in [0.1, 0.15) is 51.9 Å². The minimum Gasteiger partial charge on any atom is -0.545 e. The summed E-state index contributed by atoms with van der Waals surface area (Å²) in [6, 6.07) is 7.09. The molecule has 0 spiro atoms. The molecule has 0 amide bonds. The summed E-state index contributed by atoms with van der Waals surface area (Å²) in [6.45, 7) is -0.400. The number of pyridine rings is 1. The largest absolute Gasteiger partial charge is 0.545 e. The number of benzene rings is 2. The molecule has 182 valence electrons.